The number of aliphatic hydroxyl groups is 3. The second kappa shape index (κ2) is 10.9. The zero-order valence-corrected chi connectivity index (χ0v) is 14.0. The second-order valence-corrected chi connectivity index (χ2v) is 5.92. The Morgan fingerprint density at radius 2 is 1.74 bits per heavy atom. The maximum absolute atomic E-state index is 11.0. The molecule has 0 bridgehead atoms. The van der Waals surface area contributed by atoms with Crippen LogP contribution < -0.4 is 0 Å². The first-order chi connectivity index (χ1) is 11.0. The van der Waals surface area contributed by atoms with E-state index in [1.807, 2.05) is 0 Å². The second-order valence-electron chi connectivity index (χ2n) is 5.92. The van der Waals surface area contributed by atoms with E-state index in [1.165, 1.54) is 26.2 Å². The summed E-state index contributed by atoms with van der Waals surface area (Å²) in [5, 5.41) is 29.4. The number of carbonyl (C=O) groups excluding carboxylic acids is 1. The third-order valence-electron chi connectivity index (χ3n) is 3.90. The third kappa shape index (κ3) is 6.73. The maximum atomic E-state index is 11.0. The van der Waals surface area contributed by atoms with Gasteiger partial charge in [0.1, 0.15) is 18.3 Å². The number of aliphatic hydroxyl groups excluding tert-OH is 3. The van der Waals surface area contributed by atoms with E-state index >= 15 is 0 Å². The molecule has 1 heterocycles. The van der Waals surface area contributed by atoms with Crippen LogP contribution in [0, 0.1) is 0 Å². The molecular weight excluding hydrogens is 304 g/mol. The van der Waals surface area contributed by atoms with Gasteiger partial charge in [0, 0.05) is 13.5 Å². The van der Waals surface area contributed by atoms with E-state index in [2.05, 4.69) is 6.92 Å². The first kappa shape index (κ1) is 20.3. The largest absolute Gasteiger partial charge is 0.457 e. The third-order valence-corrected chi connectivity index (χ3v) is 3.90. The summed E-state index contributed by atoms with van der Waals surface area (Å²) < 4.78 is 15.8. The minimum atomic E-state index is -1.36. The Hall–Kier alpha value is -0.730. The lowest BCUT2D eigenvalue weighted by Gasteiger charge is -2.41. The summed E-state index contributed by atoms with van der Waals surface area (Å²) in [6, 6.07) is 0. The van der Waals surface area contributed by atoms with Crippen molar-refractivity contribution >= 4 is 5.97 Å². The van der Waals surface area contributed by atoms with E-state index in [4.69, 9.17) is 14.2 Å². The smallest absolute Gasteiger partial charge is 0.303 e. The molecule has 0 radical (unpaired) electrons. The first-order valence-electron chi connectivity index (χ1n) is 8.42. The molecular formula is C16H30O7. The number of ether oxygens (including phenoxy) is 3. The fourth-order valence-corrected chi connectivity index (χ4v) is 2.61. The summed E-state index contributed by atoms with van der Waals surface area (Å²) >= 11 is 0. The van der Waals surface area contributed by atoms with E-state index in [9.17, 15) is 20.1 Å². The van der Waals surface area contributed by atoms with Gasteiger partial charge >= 0.3 is 5.97 Å². The van der Waals surface area contributed by atoms with Gasteiger partial charge in [-0.25, -0.2) is 0 Å². The molecule has 3 N–H and O–H groups in total. The van der Waals surface area contributed by atoms with Gasteiger partial charge in [-0.15, -0.1) is 0 Å². The minimum Gasteiger partial charge on any atom is -0.457 e. The van der Waals surface area contributed by atoms with Gasteiger partial charge in [-0.2, -0.15) is 0 Å². The summed E-state index contributed by atoms with van der Waals surface area (Å²) in [5.41, 5.74) is 0. The highest BCUT2D eigenvalue weighted by Crippen LogP contribution is 2.24. The van der Waals surface area contributed by atoms with Gasteiger partial charge in [0.15, 0.2) is 12.4 Å². The Morgan fingerprint density at radius 1 is 1.09 bits per heavy atom. The maximum Gasteiger partial charge on any atom is 0.303 e. The van der Waals surface area contributed by atoms with Crippen molar-refractivity contribution in [1.82, 2.24) is 0 Å². The zero-order valence-electron chi connectivity index (χ0n) is 14.0. The average Bonchev–Trinajstić information content (AvgIpc) is 2.52. The highest BCUT2D eigenvalue weighted by molar-refractivity contribution is 5.66. The predicted octanol–water partition coefficient (Wildman–Crippen LogP) is 0.734. The highest BCUT2D eigenvalue weighted by atomic mass is 16.7. The Bertz CT molecular complexity index is 334. The molecule has 0 amide bonds. The molecule has 7 nitrogen and oxygen atoms in total. The number of hydrogen-bond acceptors (Lipinski definition) is 7. The van der Waals surface area contributed by atoms with Crippen molar-refractivity contribution in [3.63, 3.8) is 0 Å². The Morgan fingerprint density at radius 3 is 2.35 bits per heavy atom. The fourth-order valence-electron chi connectivity index (χ4n) is 2.61. The molecule has 0 aromatic rings. The van der Waals surface area contributed by atoms with Crippen LogP contribution >= 0.6 is 0 Å². The lowest BCUT2D eigenvalue weighted by Crippen LogP contribution is -2.60. The molecule has 23 heavy (non-hydrogen) atoms. The standard InChI is InChI=1S/C16H30O7/c1-3-4-5-6-7-8-9-21-16-14(20)13(19)15(22-11(2)18)12(10-17)23-16/h12-17,19-20H,3-10H2,1-2H3/t12-,13-,14+,15-,16+/m1/s1. The van der Waals surface area contributed by atoms with Crippen molar-refractivity contribution in [2.24, 2.45) is 0 Å². The quantitative estimate of drug-likeness (QED) is 0.399. The van der Waals surface area contributed by atoms with Crippen LogP contribution in [0.25, 0.3) is 0 Å². The summed E-state index contributed by atoms with van der Waals surface area (Å²) in [6.45, 7) is 3.31. The van der Waals surface area contributed by atoms with Crippen molar-refractivity contribution in [3.05, 3.63) is 0 Å². The number of rotatable bonds is 10. The van der Waals surface area contributed by atoms with Crippen molar-refractivity contribution in [3.8, 4) is 0 Å². The number of unbranched alkanes of at least 4 members (excludes halogenated alkanes) is 5. The number of carbonyl (C=O) groups is 1. The molecule has 1 saturated heterocycles. The van der Waals surface area contributed by atoms with Gasteiger partial charge in [-0.3, -0.25) is 4.79 Å². The van der Waals surface area contributed by atoms with Crippen LogP contribution in [0.1, 0.15) is 52.4 Å². The van der Waals surface area contributed by atoms with Crippen LogP contribution in [0.2, 0.25) is 0 Å². The summed E-state index contributed by atoms with van der Waals surface area (Å²) in [4.78, 5) is 11.0. The van der Waals surface area contributed by atoms with Crippen LogP contribution in [0.15, 0.2) is 0 Å². The van der Waals surface area contributed by atoms with Gasteiger partial charge in [-0.1, -0.05) is 39.0 Å². The van der Waals surface area contributed by atoms with Gasteiger partial charge in [0.25, 0.3) is 0 Å². The van der Waals surface area contributed by atoms with Crippen molar-refractivity contribution in [2.75, 3.05) is 13.2 Å². The molecule has 0 aromatic carbocycles. The van der Waals surface area contributed by atoms with Crippen molar-refractivity contribution < 1.29 is 34.3 Å². The van der Waals surface area contributed by atoms with E-state index in [0.717, 1.165) is 19.3 Å². The van der Waals surface area contributed by atoms with Gasteiger partial charge < -0.3 is 29.5 Å². The molecule has 1 fully saturated rings. The van der Waals surface area contributed by atoms with Crippen molar-refractivity contribution in [2.45, 2.75) is 83.1 Å². The molecule has 0 aliphatic carbocycles. The highest BCUT2D eigenvalue weighted by Gasteiger charge is 2.46. The summed E-state index contributed by atoms with van der Waals surface area (Å²) in [5.74, 6) is -0.616. The van der Waals surface area contributed by atoms with Crippen LogP contribution in [0.4, 0.5) is 0 Å². The molecule has 0 unspecified atom stereocenters. The monoisotopic (exact) mass is 334 g/mol. The van der Waals surface area contributed by atoms with Gasteiger partial charge in [-0.05, 0) is 6.42 Å². The van der Waals surface area contributed by atoms with Gasteiger partial charge in [0.2, 0.25) is 0 Å². The Balaban J connectivity index is 2.38. The van der Waals surface area contributed by atoms with E-state index in [0.29, 0.717) is 6.61 Å². The van der Waals surface area contributed by atoms with Crippen LogP contribution in [-0.2, 0) is 19.0 Å². The topological polar surface area (TPSA) is 105 Å². The van der Waals surface area contributed by atoms with Crippen LogP contribution in [-0.4, -0.2) is 65.2 Å². The van der Waals surface area contributed by atoms with Crippen molar-refractivity contribution in [1.29, 1.82) is 0 Å². The lowest BCUT2D eigenvalue weighted by molar-refractivity contribution is -0.303. The van der Waals surface area contributed by atoms with Gasteiger partial charge in [0.05, 0.1) is 6.61 Å². The lowest BCUT2D eigenvalue weighted by atomic mass is 9.99. The minimum absolute atomic E-state index is 0.400. The Labute approximate surface area is 137 Å². The first-order valence-corrected chi connectivity index (χ1v) is 8.42. The van der Waals surface area contributed by atoms with E-state index < -0.39 is 43.3 Å². The molecule has 5 atom stereocenters. The van der Waals surface area contributed by atoms with Crippen LogP contribution in [0.3, 0.4) is 0 Å². The fraction of sp³-hybridized carbons (Fsp3) is 0.938. The molecule has 136 valence electrons. The average molecular weight is 334 g/mol. The number of hydrogen-bond donors (Lipinski definition) is 3. The normalized spacial score (nSPS) is 31.1. The summed E-state index contributed by atoms with van der Waals surface area (Å²) in [7, 11) is 0. The Kier molecular flexibility index (Phi) is 9.66. The SMILES string of the molecule is CCCCCCCCO[C@H]1O[C@H](CO)[C@@H](OC(C)=O)[C@H](O)[C@@H]1O. The molecule has 1 aliphatic heterocycles. The molecule has 0 aromatic heterocycles. The molecule has 7 heteroatoms. The molecule has 1 rings (SSSR count). The zero-order chi connectivity index (χ0) is 17.2. The van der Waals surface area contributed by atoms with Crippen LogP contribution in [0.5, 0.6) is 0 Å². The molecule has 0 saturated carbocycles. The number of esters is 1. The molecule has 1 aliphatic rings. The summed E-state index contributed by atoms with van der Waals surface area (Å²) in [6.07, 6.45) is 0.875. The van der Waals surface area contributed by atoms with E-state index in [-0.39, 0.29) is 0 Å². The molecule has 0 spiro atoms. The predicted molar refractivity (Wildman–Crippen MR) is 82.6 cm³/mol. The van der Waals surface area contributed by atoms with E-state index in [1.54, 1.807) is 0 Å².